The van der Waals surface area contributed by atoms with Crippen LogP contribution in [0.5, 0.6) is 5.75 Å². The van der Waals surface area contributed by atoms with E-state index in [4.69, 9.17) is 9.84 Å². The minimum atomic E-state index is -0.846. The van der Waals surface area contributed by atoms with E-state index >= 15 is 0 Å². The van der Waals surface area contributed by atoms with Crippen LogP contribution < -0.4 is 4.74 Å². The number of carbonyl (C=O) groups is 1. The molecule has 2 aromatic carbocycles. The zero-order valence-corrected chi connectivity index (χ0v) is 18.6. The molecule has 160 valence electrons. The highest BCUT2D eigenvalue weighted by molar-refractivity contribution is 8.03. The minimum absolute atomic E-state index is 0.00203. The largest absolute Gasteiger partial charge is 0.489 e. The molecule has 4 rings (SSSR count). The summed E-state index contributed by atoms with van der Waals surface area (Å²) in [6.45, 7) is 5.41. The maximum Gasteiger partial charge on any atom is 0.304 e. The molecule has 0 aromatic heterocycles. The van der Waals surface area contributed by atoms with Gasteiger partial charge in [-0.15, -0.1) is 17.7 Å². The van der Waals surface area contributed by atoms with Gasteiger partial charge in [0.15, 0.2) is 0 Å². The van der Waals surface area contributed by atoms with Crippen molar-refractivity contribution in [1.82, 2.24) is 4.90 Å². The average Bonchev–Trinajstić information content (AvgIpc) is 3.34. The predicted octanol–water partition coefficient (Wildman–Crippen LogP) is 5.05. The van der Waals surface area contributed by atoms with Gasteiger partial charge < -0.3 is 9.84 Å². The van der Waals surface area contributed by atoms with Crippen molar-refractivity contribution in [3.05, 3.63) is 75.7 Å². The molecule has 0 radical (unpaired) electrons. The second-order valence-corrected chi connectivity index (χ2v) is 9.18. The number of benzene rings is 2. The Balaban J connectivity index is 1.32. The topological polar surface area (TPSA) is 49.8 Å². The van der Waals surface area contributed by atoms with Gasteiger partial charge in [-0.1, -0.05) is 42.3 Å². The van der Waals surface area contributed by atoms with Crippen molar-refractivity contribution in [3.63, 3.8) is 0 Å². The number of nitrogens with zero attached hydrogens (tertiary/aromatic N) is 1. The predicted molar refractivity (Wildman–Crippen MR) is 125 cm³/mol. The lowest BCUT2D eigenvalue weighted by atomic mass is 9.96. The van der Waals surface area contributed by atoms with Crippen molar-refractivity contribution in [2.24, 2.45) is 0 Å². The number of hydrogen-bond acceptors (Lipinski definition) is 4. The maximum atomic E-state index is 11.1. The van der Waals surface area contributed by atoms with Crippen LogP contribution in [0, 0.1) is 11.8 Å². The van der Waals surface area contributed by atoms with Crippen LogP contribution in [0.1, 0.15) is 42.4 Å². The lowest BCUT2D eigenvalue weighted by molar-refractivity contribution is -0.137. The van der Waals surface area contributed by atoms with Gasteiger partial charge in [-0.3, -0.25) is 9.69 Å². The van der Waals surface area contributed by atoms with Crippen molar-refractivity contribution in [1.29, 1.82) is 0 Å². The van der Waals surface area contributed by atoms with Gasteiger partial charge in [0, 0.05) is 25.4 Å². The molecular formula is C26H27NO3S. The molecule has 1 atom stereocenters. The highest BCUT2D eigenvalue weighted by Crippen LogP contribution is 2.37. The van der Waals surface area contributed by atoms with Gasteiger partial charge in [0.1, 0.15) is 12.4 Å². The number of aliphatic carboxylic acids is 1. The van der Waals surface area contributed by atoms with Crippen LogP contribution in [0.3, 0.4) is 0 Å². The summed E-state index contributed by atoms with van der Waals surface area (Å²) < 4.78 is 5.98. The van der Waals surface area contributed by atoms with Crippen LogP contribution in [-0.4, -0.2) is 34.8 Å². The molecule has 2 heterocycles. The Morgan fingerprint density at radius 3 is 2.74 bits per heavy atom. The third-order valence-corrected chi connectivity index (χ3v) is 6.81. The van der Waals surface area contributed by atoms with E-state index in [-0.39, 0.29) is 12.3 Å². The first-order chi connectivity index (χ1) is 15.1. The van der Waals surface area contributed by atoms with E-state index in [2.05, 4.69) is 41.0 Å². The van der Waals surface area contributed by atoms with E-state index in [1.54, 1.807) is 17.4 Å². The maximum absolute atomic E-state index is 11.1. The van der Waals surface area contributed by atoms with Gasteiger partial charge in [-0.05, 0) is 52.6 Å². The van der Waals surface area contributed by atoms with E-state index in [9.17, 15) is 4.79 Å². The molecule has 2 aliphatic heterocycles. The first-order valence-electron chi connectivity index (χ1n) is 10.6. The summed E-state index contributed by atoms with van der Waals surface area (Å²) in [5, 5.41) is 9.09. The van der Waals surface area contributed by atoms with Gasteiger partial charge in [-0.25, -0.2) is 0 Å². The van der Waals surface area contributed by atoms with E-state index in [0.717, 1.165) is 36.5 Å². The lowest BCUT2D eigenvalue weighted by Gasteiger charge is -2.18. The van der Waals surface area contributed by atoms with Crippen molar-refractivity contribution < 1.29 is 14.6 Å². The second kappa shape index (κ2) is 10.1. The minimum Gasteiger partial charge on any atom is -0.489 e. The lowest BCUT2D eigenvalue weighted by Crippen LogP contribution is -2.21. The molecule has 0 bridgehead atoms. The SMILES string of the molecule is CC#CC(CC(=O)O)c1ccc(OCc2cccc(CN3CC4=C(C3)SCC4)c2)cc1. The molecule has 0 amide bonds. The fourth-order valence-corrected chi connectivity index (χ4v) is 5.38. The van der Waals surface area contributed by atoms with E-state index in [1.165, 1.54) is 17.7 Å². The molecule has 2 aromatic rings. The molecule has 4 nitrogen and oxygen atoms in total. The molecular weight excluding hydrogens is 406 g/mol. The van der Waals surface area contributed by atoms with Crippen molar-refractivity contribution in [2.45, 2.75) is 38.8 Å². The Hall–Kier alpha value is -2.68. The van der Waals surface area contributed by atoms with Crippen LogP contribution >= 0.6 is 11.8 Å². The van der Waals surface area contributed by atoms with E-state index < -0.39 is 5.97 Å². The van der Waals surface area contributed by atoms with Gasteiger partial charge >= 0.3 is 5.97 Å². The third-order valence-electron chi connectivity index (χ3n) is 5.64. The number of ether oxygens (including phenoxy) is 1. The Morgan fingerprint density at radius 1 is 1.19 bits per heavy atom. The molecule has 1 unspecified atom stereocenters. The Morgan fingerprint density at radius 2 is 2.00 bits per heavy atom. The normalized spacial score (nSPS) is 16.5. The molecule has 0 aliphatic carbocycles. The highest BCUT2D eigenvalue weighted by atomic mass is 32.2. The third kappa shape index (κ3) is 5.72. The number of rotatable bonds is 8. The van der Waals surface area contributed by atoms with Gasteiger partial charge in [0.05, 0.1) is 12.3 Å². The molecule has 1 N–H and O–H groups in total. The zero-order chi connectivity index (χ0) is 21.6. The fourth-order valence-electron chi connectivity index (χ4n) is 4.14. The van der Waals surface area contributed by atoms with E-state index in [0.29, 0.717) is 6.61 Å². The van der Waals surface area contributed by atoms with Crippen LogP contribution in [0.15, 0.2) is 59.0 Å². The summed E-state index contributed by atoms with van der Waals surface area (Å²) >= 11 is 2.03. The summed E-state index contributed by atoms with van der Waals surface area (Å²) in [6.07, 6.45) is 1.26. The molecule has 0 spiro atoms. The number of carboxylic acid groups (broad SMARTS) is 1. The molecule has 2 aliphatic rings. The van der Waals surface area contributed by atoms with Crippen LogP contribution in [-0.2, 0) is 17.9 Å². The van der Waals surface area contributed by atoms with Gasteiger partial charge in [0.2, 0.25) is 0 Å². The van der Waals surface area contributed by atoms with Gasteiger partial charge in [0.25, 0.3) is 0 Å². The van der Waals surface area contributed by atoms with Crippen LogP contribution in [0.2, 0.25) is 0 Å². The van der Waals surface area contributed by atoms with Crippen LogP contribution in [0.25, 0.3) is 0 Å². The Kier molecular flexibility index (Phi) is 7.01. The molecule has 0 saturated heterocycles. The molecule has 0 saturated carbocycles. The summed E-state index contributed by atoms with van der Waals surface area (Å²) in [7, 11) is 0. The number of hydrogen-bond donors (Lipinski definition) is 1. The number of carboxylic acids is 1. The first-order valence-corrected chi connectivity index (χ1v) is 11.6. The second-order valence-electron chi connectivity index (χ2n) is 7.99. The smallest absolute Gasteiger partial charge is 0.304 e. The quantitative estimate of drug-likeness (QED) is 0.590. The fraction of sp³-hybridized carbons (Fsp3) is 0.346. The Labute approximate surface area is 188 Å². The van der Waals surface area contributed by atoms with E-state index in [1.807, 2.05) is 36.0 Å². The standard InChI is InChI=1S/C26H27NO3S/c1-2-4-22(14-26(28)29)21-7-9-24(10-8-21)30-18-20-6-3-5-19(13-20)15-27-16-23-11-12-31-25(23)17-27/h3,5-10,13,22H,11-12,14-18H2,1H3,(H,28,29). The summed E-state index contributed by atoms with van der Waals surface area (Å²) in [5.74, 6) is 6.69. The monoisotopic (exact) mass is 433 g/mol. The van der Waals surface area contributed by atoms with Crippen molar-refractivity contribution in [2.75, 3.05) is 18.8 Å². The highest BCUT2D eigenvalue weighted by Gasteiger charge is 2.25. The Bertz CT molecular complexity index is 1020. The van der Waals surface area contributed by atoms with Crippen molar-refractivity contribution >= 4 is 17.7 Å². The average molecular weight is 434 g/mol. The van der Waals surface area contributed by atoms with Crippen LogP contribution in [0.4, 0.5) is 0 Å². The molecule has 5 heteroatoms. The first kappa shape index (κ1) is 21.5. The zero-order valence-electron chi connectivity index (χ0n) is 17.8. The number of thioether (sulfide) groups is 1. The molecule has 0 fully saturated rings. The summed E-state index contributed by atoms with van der Waals surface area (Å²) in [5.41, 5.74) is 5.01. The van der Waals surface area contributed by atoms with Gasteiger partial charge in [-0.2, -0.15) is 0 Å². The summed E-state index contributed by atoms with van der Waals surface area (Å²) in [6, 6.07) is 16.2. The molecule has 31 heavy (non-hydrogen) atoms. The van der Waals surface area contributed by atoms with Crippen molar-refractivity contribution in [3.8, 4) is 17.6 Å². The summed E-state index contributed by atoms with van der Waals surface area (Å²) in [4.78, 5) is 15.2.